The van der Waals surface area contributed by atoms with Crippen molar-refractivity contribution in [3.63, 3.8) is 0 Å². The Morgan fingerprint density at radius 3 is 2.53 bits per heavy atom. The van der Waals surface area contributed by atoms with Crippen LogP contribution in [0.3, 0.4) is 0 Å². The van der Waals surface area contributed by atoms with E-state index in [4.69, 9.17) is 4.74 Å². The van der Waals surface area contributed by atoms with E-state index in [2.05, 4.69) is 28.6 Å². The molecule has 1 atom stereocenters. The lowest BCUT2D eigenvalue weighted by molar-refractivity contribution is -0.139. The normalized spacial score (nSPS) is 11.6. The second-order valence-electron chi connectivity index (χ2n) is 8.00. The molecule has 0 aliphatic carbocycles. The molecule has 0 spiro atoms. The van der Waals surface area contributed by atoms with E-state index in [0.29, 0.717) is 10.4 Å². The first-order chi connectivity index (χ1) is 17.5. The number of carboxylic acid groups (broad SMARTS) is 1. The maximum absolute atomic E-state index is 12.8. The number of aromatic nitrogens is 1. The van der Waals surface area contributed by atoms with Crippen LogP contribution in [0.4, 0.5) is 4.79 Å². The fourth-order valence-corrected chi connectivity index (χ4v) is 4.80. The highest BCUT2D eigenvalue weighted by molar-refractivity contribution is 7.21. The Morgan fingerprint density at radius 1 is 1.03 bits per heavy atom. The van der Waals surface area contributed by atoms with Gasteiger partial charge in [0.25, 0.3) is 5.91 Å². The number of aliphatic carboxylic acids is 1. The summed E-state index contributed by atoms with van der Waals surface area (Å²) in [5.74, 6) is -1.73. The standard InChI is InChI=1S/C27H25N3O5S/c1-2-18-10-6-7-11-19(18)20-12-13-28-21-14-23(36-24(20)21)25(31)29-15-22(26(32)33)30-27(34)35-16-17-8-4-3-5-9-17/h3-14,22H,2,15-16H2,1H3,(H,29,31)(H,30,34)(H,32,33). The minimum atomic E-state index is -1.35. The quantitative estimate of drug-likeness (QED) is 0.306. The third-order valence-corrected chi connectivity index (χ3v) is 6.75. The van der Waals surface area contributed by atoms with Crippen molar-refractivity contribution in [3.05, 3.63) is 88.9 Å². The van der Waals surface area contributed by atoms with Gasteiger partial charge in [-0.05, 0) is 35.2 Å². The number of alkyl carbamates (subject to hydrolysis) is 1. The van der Waals surface area contributed by atoms with Gasteiger partial charge in [-0.3, -0.25) is 9.78 Å². The maximum Gasteiger partial charge on any atom is 0.408 e. The summed E-state index contributed by atoms with van der Waals surface area (Å²) >= 11 is 1.29. The molecule has 8 nitrogen and oxygen atoms in total. The van der Waals surface area contributed by atoms with Crippen LogP contribution in [0.15, 0.2) is 72.9 Å². The Bertz CT molecular complexity index is 1390. The number of carbonyl (C=O) groups is 3. The summed E-state index contributed by atoms with van der Waals surface area (Å²) < 4.78 is 5.96. The van der Waals surface area contributed by atoms with Gasteiger partial charge in [0.15, 0.2) is 0 Å². The van der Waals surface area contributed by atoms with E-state index in [0.717, 1.165) is 27.8 Å². The summed E-state index contributed by atoms with van der Waals surface area (Å²) in [6, 6.07) is 19.4. The van der Waals surface area contributed by atoms with Crippen LogP contribution in [0.2, 0.25) is 0 Å². The number of fused-ring (bicyclic) bond motifs is 1. The van der Waals surface area contributed by atoms with E-state index in [1.807, 2.05) is 30.3 Å². The Balaban J connectivity index is 1.43. The molecular weight excluding hydrogens is 478 g/mol. The van der Waals surface area contributed by atoms with Crippen molar-refractivity contribution in [3.8, 4) is 11.1 Å². The van der Waals surface area contributed by atoms with Gasteiger partial charge in [0.2, 0.25) is 0 Å². The monoisotopic (exact) mass is 503 g/mol. The largest absolute Gasteiger partial charge is 0.480 e. The number of hydrogen-bond donors (Lipinski definition) is 3. The molecular formula is C27H25N3O5S. The Kier molecular flexibility index (Phi) is 7.92. The Labute approximate surface area is 211 Å². The van der Waals surface area contributed by atoms with Crippen LogP contribution in [0.1, 0.15) is 27.7 Å². The van der Waals surface area contributed by atoms with Crippen LogP contribution < -0.4 is 10.6 Å². The van der Waals surface area contributed by atoms with Crippen molar-refractivity contribution in [1.29, 1.82) is 0 Å². The van der Waals surface area contributed by atoms with E-state index in [1.54, 1.807) is 36.5 Å². The van der Waals surface area contributed by atoms with E-state index >= 15 is 0 Å². The number of nitrogens with zero attached hydrogens (tertiary/aromatic N) is 1. The predicted octanol–water partition coefficient (Wildman–Crippen LogP) is 4.64. The van der Waals surface area contributed by atoms with Crippen LogP contribution in [0.5, 0.6) is 0 Å². The molecule has 0 fully saturated rings. The number of benzene rings is 2. The molecule has 0 saturated heterocycles. The van der Waals surface area contributed by atoms with E-state index in [9.17, 15) is 19.5 Å². The average Bonchev–Trinajstić information content (AvgIpc) is 3.35. The van der Waals surface area contributed by atoms with Crippen LogP contribution in [0.25, 0.3) is 21.3 Å². The molecule has 4 aromatic rings. The van der Waals surface area contributed by atoms with Gasteiger partial charge in [-0.15, -0.1) is 11.3 Å². The second kappa shape index (κ2) is 11.5. The zero-order valence-electron chi connectivity index (χ0n) is 19.6. The Morgan fingerprint density at radius 2 is 1.78 bits per heavy atom. The number of thiophene rings is 1. The average molecular weight is 504 g/mol. The minimum absolute atomic E-state index is 0.00362. The summed E-state index contributed by atoms with van der Waals surface area (Å²) in [6.07, 6.45) is 1.70. The number of carbonyl (C=O) groups excluding carboxylic acids is 2. The molecule has 0 bridgehead atoms. The molecule has 3 N–H and O–H groups in total. The topological polar surface area (TPSA) is 118 Å². The van der Waals surface area contributed by atoms with Gasteiger partial charge in [0.1, 0.15) is 12.6 Å². The second-order valence-corrected chi connectivity index (χ2v) is 9.05. The van der Waals surface area contributed by atoms with Gasteiger partial charge in [-0.2, -0.15) is 0 Å². The summed E-state index contributed by atoms with van der Waals surface area (Å²) in [4.78, 5) is 41.3. The van der Waals surface area contributed by atoms with Gasteiger partial charge in [0, 0.05) is 18.3 Å². The number of ether oxygens (including phenoxy) is 1. The highest BCUT2D eigenvalue weighted by Crippen LogP contribution is 2.35. The minimum Gasteiger partial charge on any atom is -0.480 e. The maximum atomic E-state index is 12.8. The number of carboxylic acids is 1. The number of amides is 2. The van der Waals surface area contributed by atoms with Gasteiger partial charge in [-0.1, -0.05) is 61.5 Å². The molecule has 0 saturated carbocycles. The Hall–Kier alpha value is -4.24. The molecule has 9 heteroatoms. The number of pyridine rings is 1. The smallest absolute Gasteiger partial charge is 0.408 e. The van der Waals surface area contributed by atoms with E-state index in [1.165, 1.54) is 16.9 Å². The first-order valence-corrected chi connectivity index (χ1v) is 12.2. The SMILES string of the molecule is CCc1ccccc1-c1ccnc2cc(C(=O)NCC(NC(=O)OCc3ccccc3)C(=O)O)sc12. The van der Waals surface area contributed by atoms with Crippen LogP contribution in [-0.2, 0) is 22.6 Å². The lowest BCUT2D eigenvalue weighted by Gasteiger charge is -2.15. The molecule has 0 aliphatic rings. The molecule has 2 aromatic heterocycles. The molecule has 2 amide bonds. The number of hydrogen-bond acceptors (Lipinski definition) is 6. The molecule has 1 unspecified atom stereocenters. The third kappa shape index (κ3) is 5.87. The van der Waals surface area contributed by atoms with Gasteiger partial charge >= 0.3 is 12.1 Å². The van der Waals surface area contributed by atoms with Crippen molar-refractivity contribution in [2.24, 2.45) is 0 Å². The number of nitrogens with one attached hydrogen (secondary N) is 2. The summed E-state index contributed by atoms with van der Waals surface area (Å²) in [5.41, 5.74) is 4.73. The molecule has 0 radical (unpaired) electrons. The van der Waals surface area contributed by atoms with Crippen molar-refractivity contribution >= 4 is 39.5 Å². The van der Waals surface area contributed by atoms with Gasteiger partial charge < -0.3 is 20.5 Å². The molecule has 184 valence electrons. The summed E-state index contributed by atoms with van der Waals surface area (Å²) in [7, 11) is 0. The van der Waals surface area contributed by atoms with Crippen LogP contribution in [-0.4, -0.2) is 40.6 Å². The fraction of sp³-hybridized carbons (Fsp3) is 0.185. The van der Waals surface area contributed by atoms with Crippen LogP contribution in [0, 0.1) is 0 Å². The van der Waals surface area contributed by atoms with Crippen molar-refractivity contribution in [2.45, 2.75) is 26.0 Å². The highest BCUT2D eigenvalue weighted by Gasteiger charge is 2.23. The number of rotatable bonds is 9. The molecule has 36 heavy (non-hydrogen) atoms. The zero-order valence-corrected chi connectivity index (χ0v) is 20.4. The lowest BCUT2D eigenvalue weighted by Crippen LogP contribution is -2.48. The predicted molar refractivity (Wildman–Crippen MR) is 138 cm³/mol. The van der Waals surface area contributed by atoms with Crippen LogP contribution >= 0.6 is 11.3 Å². The van der Waals surface area contributed by atoms with Gasteiger partial charge in [0.05, 0.1) is 15.1 Å². The highest BCUT2D eigenvalue weighted by atomic mass is 32.1. The zero-order chi connectivity index (χ0) is 25.5. The number of aryl methyl sites for hydroxylation is 1. The summed E-state index contributed by atoms with van der Waals surface area (Å²) in [6.45, 7) is 1.79. The first kappa shape index (κ1) is 24.9. The van der Waals surface area contributed by atoms with Crippen molar-refractivity contribution in [2.75, 3.05) is 6.54 Å². The van der Waals surface area contributed by atoms with Crippen molar-refractivity contribution in [1.82, 2.24) is 15.6 Å². The first-order valence-electron chi connectivity index (χ1n) is 11.4. The molecule has 2 aromatic carbocycles. The van der Waals surface area contributed by atoms with Gasteiger partial charge in [-0.25, -0.2) is 9.59 Å². The van der Waals surface area contributed by atoms with E-state index in [-0.39, 0.29) is 13.2 Å². The molecule has 2 heterocycles. The lowest BCUT2D eigenvalue weighted by atomic mass is 9.99. The summed E-state index contributed by atoms with van der Waals surface area (Å²) in [5, 5.41) is 14.4. The van der Waals surface area contributed by atoms with Crippen molar-refractivity contribution < 1.29 is 24.2 Å². The fourth-order valence-electron chi connectivity index (χ4n) is 3.74. The van der Waals surface area contributed by atoms with E-state index < -0.39 is 24.0 Å². The molecule has 0 aliphatic heterocycles. The third-order valence-electron chi connectivity index (χ3n) is 5.59. The molecule has 4 rings (SSSR count).